The monoisotopic (exact) mass is 330 g/mol. The smallest absolute Gasteiger partial charge is 0.143 e. The van der Waals surface area contributed by atoms with Crippen molar-refractivity contribution in [3.8, 4) is 0 Å². The van der Waals surface area contributed by atoms with E-state index in [1.54, 1.807) is 25.3 Å². The lowest BCUT2D eigenvalue weighted by Gasteiger charge is -2.42. The summed E-state index contributed by atoms with van der Waals surface area (Å²) in [6, 6.07) is 5.00. The van der Waals surface area contributed by atoms with E-state index in [1.807, 2.05) is 0 Å². The quantitative estimate of drug-likeness (QED) is 0.899. The highest BCUT2D eigenvalue weighted by Gasteiger charge is 2.42. The van der Waals surface area contributed by atoms with Crippen molar-refractivity contribution in [1.29, 1.82) is 0 Å². The van der Waals surface area contributed by atoms with Gasteiger partial charge in [0, 0.05) is 12.7 Å². The maximum absolute atomic E-state index is 14.1. The van der Waals surface area contributed by atoms with Gasteiger partial charge in [0.05, 0.1) is 10.1 Å². The van der Waals surface area contributed by atoms with Crippen molar-refractivity contribution in [2.75, 3.05) is 7.11 Å². The number of hydrogen-bond donors (Lipinski definition) is 1. The summed E-state index contributed by atoms with van der Waals surface area (Å²) in [5.41, 5.74) is -0.348. The molecule has 19 heavy (non-hydrogen) atoms. The Balaban J connectivity index is 2.30. The standard InChI is InChI=1S/C15H20BrFO2/c1-10-6-8-15(19-2,9-7-10)14(18)11-4-3-5-12(16)13(11)17/h3-5,10,14,18H,6-9H2,1-2H3. The highest BCUT2D eigenvalue weighted by atomic mass is 79.9. The van der Waals surface area contributed by atoms with Crippen LogP contribution >= 0.6 is 15.9 Å². The molecule has 106 valence electrons. The van der Waals surface area contributed by atoms with E-state index in [0.717, 1.165) is 25.7 Å². The molecule has 1 saturated carbocycles. The zero-order chi connectivity index (χ0) is 14.0. The molecular formula is C15H20BrFO2. The van der Waals surface area contributed by atoms with Crippen LogP contribution in [0.1, 0.15) is 44.3 Å². The van der Waals surface area contributed by atoms with Crippen LogP contribution in [0.3, 0.4) is 0 Å². The fraction of sp³-hybridized carbons (Fsp3) is 0.600. The van der Waals surface area contributed by atoms with Crippen molar-refractivity contribution in [3.05, 3.63) is 34.1 Å². The summed E-state index contributed by atoms with van der Waals surface area (Å²) in [4.78, 5) is 0. The molecule has 4 heteroatoms. The van der Waals surface area contributed by atoms with Gasteiger partial charge in [0.2, 0.25) is 0 Å². The van der Waals surface area contributed by atoms with Gasteiger partial charge < -0.3 is 9.84 Å². The Morgan fingerprint density at radius 1 is 1.42 bits per heavy atom. The van der Waals surface area contributed by atoms with Crippen LogP contribution in [0.5, 0.6) is 0 Å². The van der Waals surface area contributed by atoms with E-state index in [9.17, 15) is 9.50 Å². The molecule has 1 aliphatic carbocycles. The van der Waals surface area contributed by atoms with E-state index < -0.39 is 17.5 Å². The third kappa shape index (κ3) is 2.86. The van der Waals surface area contributed by atoms with Crippen molar-refractivity contribution in [3.63, 3.8) is 0 Å². The topological polar surface area (TPSA) is 29.5 Å². The Hall–Kier alpha value is -0.450. The molecule has 1 unspecified atom stereocenters. The molecule has 0 bridgehead atoms. The van der Waals surface area contributed by atoms with Crippen LogP contribution in [0.25, 0.3) is 0 Å². The normalized spacial score (nSPS) is 29.2. The molecule has 0 spiro atoms. The second kappa shape index (κ2) is 5.90. The third-order valence-corrected chi connectivity index (χ3v) is 4.91. The number of benzene rings is 1. The van der Waals surface area contributed by atoms with Gasteiger partial charge in [0.25, 0.3) is 0 Å². The number of aliphatic hydroxyl groups excluding tert-OH is 1. The average molecular weight is 331 g/mol. The fourth-order valence-corrected chi connectivity index (χ4v) is 3.24. The van der Waals surface area contributed by atoms with Gasteiger partial charge in [-0.2, -0.15) is 0 Å². The molecule has 0 aliphatic heterocycles. The van der Waals surface area contributed by atoms with Gasteiger partial charge >= 0.3 is 0 Å². The van der Waals surface area contributed by atoms with Gasteiger partial charge in [0.15, 0.2) is 0 Å². The van der Waals surface area contributed by atoms with Crippen molar-refractivity contribution in [2.24, 2.45) is 5.92 Å². The van der Waals surface area contributed by atoms with Crippen LogP contribution in [0, 0.1) is 11.7 Å². The lowest BCUT2D eigenvalue weighted by Crippen LogP contribution is -2.42. The first kappa shape index (κ1) is 14.9. The third-order valence-electron chi connectivity index (χ3n) is 4.30. The largest absolute Gasteiger partial charge is 0.385 e. The molecule has 0 heterocycles. The Morgan fingerprint density at radius 2 is 2.05 bits per heavy atom. The van der Waals surface area contributed by atoms with Gasteiger partial charge in [-0.3, -0.25) is 0 Å². The van der Waals surface area contributed by atoms with Gasteiger partial charge in [-0.1, -0.05) is 19.1 Å². The van der Waals surface area contributed by atoms with Gasteiger partial charge in [-0.05, 0) is 53.6 Å². The molecule has 1 aliphatic rings. The van der Waals surface area contributed by atoms with Crippen LogP contribution in [0.4, 0.5) is 4.39 Å². The van der Waals surface area contributed by atoms with Gasteiger partial charge in [-0.25, -0.2) is 4.39 Å². The van der Waals surface area contributed by atoms with Crippen LogP contribution < -0.4 is 0 Å². The van der Waals surface area contributed by atoms with E-state index in [0.29, 0.717) is 16.0 Å². The van der Waals surface area contributed by atoms with Crippen molar-refractivity contribution < 1.29 is 14.2 Å². The van der Waals surface area contributed by atoms with E-state index in [2.05, 4.69) is 22.9 Å². The average Bonchev–Trinajstić information content (AvgIpc) is 2.42. The van der Waals surface area contributed by atoms with Crippen LogP contribution in [0.2, 0.25) is 0 Å². The number of methoxy groups -OCH3 is 1. The molecule has 0 amide bonds. The molecule has 0 saturated heterocycles. The molecule has 1 aromatic rings. The van der Waals surface area contributed by atoms with Crippen molar-refractivity contribution >= 4 is 15.9 Å². The first-order valence-corrected chi connectivity index (χ1v) is 7.46. The molecule has 1 aromatic carbocycles. The number of halogens is 2. The van der Waals surface area contributed by atoms with Gasteiger partial charge in [0.1, 0.15) is 11.9 Å². The minimum atomic E-state index is -0.928. The van der Waals surface area contributed by atoms with Crippen LogP contribution in [-0.4, -0.2) is 17.8 Å². The van der Waals surface area contributed by atoms with Crippen molar-refractivity contribution in [2.45, 2.75) is 44.3 Å². The maximum Gasteiger partial charge on any atom is 0.143 e. The van der Waals surface area contributed by atoms with E-state index in [4.69, 9.17) is 4.74 Å². The molecule has 2 rings (SSSR count). The summed E-state index contributed by atoms with van der Waals surface area (Å²) < 4.78 is 20.1. The predicted octanol–water partition coefficient (Wildman–Crippen LogP) is 4.22. The summed E-state index contributed by atoms with van der Waals surface area (Å²) in [6.45, 7) is 2.20. The number of aliphatic hydroxyl groups is 1. The molecular weight excluding hydrogens is 311 g/mol. The first-order valence-electron chi connectivity index (χ1n) is 6.67. The fourth-order valence-electron chi connectivity index (χ4n) is 2.86. The van der Waals surface area contributed by atoms with E-state index >= 15 is 0 Å². The Kier molecular flexibility index (Phi) is 4.64. The summed E-state index contributed by atoms with van der Waals surface area (Å²) >= 11 is 3.16. The zero-order valence-electron chi connectivity index (χ0n) is 11.3. The Morgan fingerprint density at radius 3 is 2.63 bits per heavy atom. The highest BCUT2D eigenvalue weighted by molar-refractivity contribution is 9.10. The number of hydrogen-bond acceptors (Lipinski definition) is 2. The van der Waals surface area contributed by atoms with E-state index in [-0.39, 0.29) is 0 Å². The molecule has 0 aromatic heterocycles. The molecule has 1 fully saturated rings. The Bertz CT molecular complexity index is 442. The van der Waals surface area contributed by atoms with Crippen molar-refractivity contribution in [1.82, 2.24) is 0 Å². The summed E-state index contributed by atoms with van der Waals surface area (Å²) in [5.74, 6) is 0.243. The van der Waals surface area contributed by atoms with Crippen LogP contribution in [-0.2, 0) is 4.74 Å². The summed E-state index contributed by atoms with van der Waals surface area (Å²) in [7, 11) is 1.61. The first-order chi connectivity index (χ1) is 9.00. The minimum absolute atomic E-state index is 0.311. The van der Waals surface area contributed by atoms with Crippen LogP contribution in [0.15, 0.2) is 22.7 Å². The Labute approximate surface area is 122 Å². The summed E-state index contributed by atoms with van der Waals surface area (Å²) in [5, 5.41) is 10.6. The zero-order valence-corrected chi connectivity index (χ0v) is 12.9. The lowest BCUT2D eigenvalue weighted by atomic mass is 9.74. The molecule has 2 nitrogen and oxygen atoms in total. The van der Waals surface area contributed by atoms with E-state index in [1.165, 1.54) is 0 Å². The lowest BCUT2D eigenvalue weighted by molar-refractivity contribution is -0.131. The summed E-state index contributed by atoms with van der Waals surface area (Å²) in [6.07, 6.45) is 2.60. The predicted molar refractivity (Wildman–Crippen MR) is 76.4 cm³/mol. The second-order valence-corrected chi connectivity index (χ2v) is 6.35. The number of rotatable bonds is 3. The molecule has 0 radical (unpaired) electrons. The minimum Gasteiger partial charge on any atom is -0.385 e. The highest BCUT2D eigenvalue weighted by Crippen LogP contribution is 2.43. The second-order valence-electron chi connectivity index (χ2n) is 5.50. The number of ether oxygens (including phenoxy) is 1. The molecule has 1 atom stereocenters. The SMILES string of the molecule is COC1(C(O)c2cccc(Br)c2F)CCC(C)CC1. The van der Waals surface area contributed by atoms with Gasteiger partial charge in [-0.15, -0.1) is 0 Å². The maximum atomic E-state index is 14.1. The molecule has 1 N–H and O–H groups in total.